The molecule has 0 saturated heterocycles. The second-order valence-corrected chi connectivity index (χ2v) is 10.1. The van der Waals surface area contributed by atoms with Crippen molar-refractivity contribution in [2.45, 2.75) is 24.3 Å². The third-order valence-corrected chi connectivity index (χ3v) is 7.79. The van der Waals surface area contributed by atoms with Crippen molar-refractivity contribution >= 4 is 33.0 Å². The molecule has 0 amide bonds. The van der Waals surface area contributed by atoms with E-state index in [0.717, 1.165) is 24.0 Å². The minimum atomic E-state index is -3.83. The Morgan fingerprint density at radius 2 is 2.03 bits per heavy atom. The van der Waals surface area contributed by atoms with Gasteiger partial charge in [0, 0.05) is 17.5 Å². The Bertz CT molecular complexity index is 1400. The summed E-state index contributed by atoms with van der Waals surface area (Å²) in [4.78, 5) is 16.8. The maximum atomic E-state index is 13.4. The molecule has 2 aromatic carbocycles. The minimum absolute atomic E-state index is 0.0335. The predicted molar refractivity (Wildman–Crippen MR) is 122 cm³/mol. The number of hydrogen-bond acceptors (Lipinski definition) is 8. The van der Waals surface area contributed by atoms with Gasteiger partial charge in [0.15, 0.2) is 6.61 Å². The van der Waals surface area contributed by atoms with E-state index in [1.54, 1.807) is 6.07 Å². The molecule has 10 heteroatoms. The highest BCUT2D eigenvalue weighted by atomic mass is 32.2. The highest BCUT2D eigenvalue weighted by Gasteiger charge is 2.29. The van der Waals surface area contributed by atoms with E-state index in [1.165, 1.54) is 39.9 Å². The van der Waals surface area contributed by atoms with Gasteiger partial charge in [-0.15, -0.1) is 0 Å². The number of benzene rings is 2. The van der Waals surface area contributed by atoms with Crippen LogP contribution in [0.15, 0.2) is 74.8 Å². The quantitative estimate of drug-likeness (QED) is 0.378. The smallest absolute Gasteiger partial charge is 0.338 e. The van der Waals surface area contributed by atoms with Crippen LogP contribution in [0.2, 0.25) is 0 Å². The minimum Gasteiger partial charge on any atom is -0.452 e. The Kier molecular flexibility index (Phi) is 5.69. The SMILES string of the molecule is O=C(OCc1nc(-c2ccsc2)no1)c1cccc(S(=O)(=O)N2CCCc3ccccc32)c1. The summed E-state index contributed by atoms with van der Waals surface area (Å²) in [5.41, 5.74) is 2.61. The van der Waals surface area contributed by atoms with Gasteiger partial charge in [0.25, 0.3) is 15.9 Å². The fraction of sp³-hybridized carbons (Fsp3) is 0.174. The number of sulfonamides is 1. The van der Waals surface area contributed by atoms with Crippen LogP contribution in [0.25, 0.3) is 11.4 Å². The molecule has 0 fully saturated rings. The topological polar surface area (TPSA) is 103 Å². The highest BCUT2D eigenvalue weighted by Crippen LogP contribution is 2.32. The normalized spacial score (nSPS) is 13.5. The average Bonchev–Trinajstić information content (AvgIpc) is 3.54. The van der Waals surface area contributed by atoms with E-state index in [0.29, 0.717) is 18.1 Å². The summed E-state index contributed by atoms with van der Waals surface area (Å²) in [6, 6.07) is 15.2. The largest absolute Gasteiger partial charge is 0.452 e. The van der Waals surface area contributed by atoms with E-state index >= 15 is 0 Å². The molecule has 1 aliphatic heterocycles. The Labute approximate surface area is 194 Å². The van der Waals surface area contributed by atoms with Gasteiger partial charge in [0.1, 0.15) is 0 Å². The van der Waals surface area contributed by atoms with Crippen molar-refractivity contribution in [3.05, 3.63) is 82.4 Å². The van der Waals surface area contributed by atoms with E-state index in [-0.39, 0.29) is 23.0 Å². The lowest BCUT2D eigenvalue weighted by molar-refractivity contribution is 0.0429. The molecule has 168 valence electrons. The van der Waals surface area contributed by atoms with Crippen LogP contribution < -0.4 is 4.31 Å². The van der Waals surface area contributed by atoms with Crippen molar-refractivity contribution in [3.8, 4) is 11.4 Å². The Morgan fingerprint density at radius 3 is 2.88 bits per heavy atom. The number of ether oxygens (including phenoxy) is 1. The molecule has 4 aromatic rings. The van der Waals surface area contributed by atoms with E-state index in [9.17, 15) is 13.2 Å². The van der Waals surface area contributed by atoms with Crippen molar-refractivity contribution in [3.63, 3.8) is 0 Å². The molecule has 33 heavy (non-hydrogen) atoms. The van der Waals surface area contributed by atoms with Crippen LogP contribution in [-0.4, -0.2) is 31.1 Å². The third kappa shape index (κ3) is 4.27. The molecule has 0 radical (unpaired) electrons. The summed E-state index contributed by atoms with van der Waals surface area (Å²) in [7, 11) is -3.83. The third-order valence-electron chi connectivity index (χ3n) is 5.30. The van der Waals surface area contributed by atoms with Gasteiger partial charge < -0.3 is 9.26 Å². The van der Waals surface area contributed by atoms with E-state index < -0.39 is 16.0 Å². The number of para-hydroxylation sites is 1. The van der Waals surface area contributed by atoms with Gasteiger partial charge in [0.2, 0.25) is 5.82 Å². The zero-order valence-corrected chi connectivity index (χ0v) is 19.0. The van der Waals surface area contributed by atoms with Crippen molar-refractivity contribution in [2.24, 2.45) is 0 Å². The van der Waals surface area contributed by atoms with Crippen LogP contribution in [0.1, 0.15) is 28.2 Å². The fourth-order valence-electron chi connectivity index (χ4n) is 3.69. The monoisotopic (exact) mass is 481 g/mol. The van der Waals surface area contributed by atoms with Crippen molar-refractivity contribution in [1.29, 1.82) is 0 Å². The zero-order chi connectivity index (χ0) is 22.8. The number of fused-ring (bicyclic) bond motifs is 1. The van der Waals surface area contributed by atoms with Gasteiger partial charge in [-0.25, -0.2) is 13.2 Å². The molecule has 1 aliphatic rings. The number of anilines is 1. The average molecular weight is 482 g/mol. The molecule has 8 nitrogen and oxygen atoms in total. The molecular weight excluding hydrogens is 462 g/mol. The Morgan fingerprint density at radius 1 is 1.15 bits per heavy atom. The number of hydrogen-bond donors (Lipinski definition) is 0. The van der Waals surface area contributed by atoms with Gasteiger partial charge in [-0.05, 0) is 54.1 Å². The second kappa shape index (κ2) is 8.80. The number of nitrogens with zero attached hydrogens (tertiary/aromatic N) is 3. The molecule has 0 aliphatic carbocycles. The number of esters is 1. The molecule has 0 unspecified atom stereocenters. The number of carbonyl (C=O) groups is 1. The van der Waals surface area contributed by atoms with Crippen LogP contribution in [0, 0.1) is 0 Å². The van der Waals surface area contributed by atoms with Crippen LogP contribution >= 0.6 is 11.3 Å². The van der Waals surface area contributed by atoms with Gasteiger partial charge in [-0.1, -0.05) is 29.4 Å². The van der Waals surface area contributed by atoms with Gasteiger partial charge in [-0.3, -0.25) is 4.31 Å². The molecule has 0 spiro atoms. The van der Waals surface area contributed by atoms with Gasteiger partial charge in [-0.2, -0.15) is 16.3 Å². The fourth-order valence-corrected chi connectivity index (χ4v) is 5.91. The molecule has 2 aromatic heterocycles. The predicted octanol–water partition coefficient (Wildman–Crippen LogP) is 4.30. The first-order chi connectivity index (χ1) is 16.0. The van der Waals surface area contributed by atoms with Crippen molar-refractivity contribution < 1.29 is 22.5 Å². The summed E-state index contributed by atoms with van der Waals surface area (Å²) in [6.45, 7) is 0.171. The maximum absolute atomic E-state index is 13.4. The molecule has 5 rings (SSSR count). The van der Waals surface area contributed by atoms with Gasteiger partial charge in [0.05, 0.1) is 16.1 Å². The maximum Gasteiger partial charge on any atom is 0.338 e. The molecular formula is C23H19N3O5S2. The number of aryl methyl sites for hydroxylation is 1. The van der Waals surface area contributed by atoms with E-state index in [2.05, 4.69) is 10.1 Å². The first-order valence-electron chi connectivity index (χ1n) is 10.3. The van der Waals surface area contributed by atoms with E-state index in [4.69, 9.17) is 9.26 Å². The molecule has 3 heterocycles. The molecule has 0 saturated carbocycles. The van der Waals surface area contributed by atoms with Crippen molar-refractivity contribution in [2.75, 3.05) is 10.8 Å². The van der Waals surface area contributed by atoms with Crippen molar-refractivity contribution in [1.82, 2.24) is 10.1 Å². The first kappa shape index (κ1) is 21.4. The Hall–Kier alpha value is -3.50. The van der Waals surface area contributed by atoms with Crippen LogP contribution in [0.4, 0.5) is 5.69 Å². The van der Waals surface area contributed by atoms with Gasteiger partial charge >= 0.3 is 5.97 Å². The summed E-state index contributed by atoms with van der Waals surface area (Å²) in [6.07, 6.45) is 1.56. The number of aromatic nitrogens is 2. The van der Waals surface area contributed by atoms with Crippen LogP contribution in [-0.2, 0) is 27.8 Å². The molecule has 0 atom stereocenters. The number of carbonyl (C=O) groups excluding carboxylic acids is 1. The molecule has 0 N–H and O–H groups in total. The van der Waals surface area contributed by atoms with E-state index in [1.807, 2.05) is 35.0 Å². The molecule has 0 bridgehead atoms. The zero-order valence-electron chi connectivity index (χ0n) is 17.4. The number of thiophene rings is 1. The number of rotatable bonds is 6. The standard InChI is InChI=1S/C23H19N3O5S2/c27-23(30-14-21-24-22(25-31-21)18-10-12-32-15-18)17-6-3-8-19(13-17)33(28,29)26-11-4-7-16-5-1-2-9-20(16)26/h1-3,5-6,8-10,12-13,15H,4,7,11,14H2. The summed E-state index contributed by atoms with van der Waals surface area (Å²) < 4.78 is 38.5. The summed E-state index contributed by atoms with van der Waals surface area (Å²) in [5, 5.41) is 7.65. The highest BCUT2D eigenvalue weighted by molar-refractivity contribution is 7.92. The van der Waals surface area contributed by atoms with Crippen LogP contribution in [0.3, 0.4) is 0 Å². The first-order valence-corrected chi connectivity index (χ1v) is 12.6. The lowest BCUT2D eigenvalue weighted by Crippen LogP contribution is -2.35. The summed E-state index contributed by atoms with van der Waals surface area (Å²) >= 11 is 1.51. The second-order valence-electron chi connectivity index (χ2n) is 7.44. The Balaban J connectivity index is 1.32. The van der Waals surface area contributed by atoms with Crippen LogP contribution in [0.5, 0.6) is 0 Å². The lowest BCUT2D eigenvalue weighted by Gasteiger charge is -2.30. The lowest BCUT2D eigenvalue weighted by atomic mass is 10.0. The summed E-state index contributed by atoms with van der Waals surface area (Å²) in [5.74, 6) is -0.114.